The maximum absolute atomic E-state index is 12.4. The highest BCUT2D eigenvalue weighted by Crippen LogP contribution is 2.36. The van der Waals surface area contributed by atoms with Crippen LogP contribution in [0.5, 0.6) is 0 Å². The number of hydrogen-bond donors (Lipinski definition) is 1. The van der Waals surface area contributed by atoms with Crippen LogP contribution in [0.25, 0.3) is 0 Å². The van der Waals surface area contributed by atoms with E-state index in [-0.39, 0.29) is 22.4 Å². The molecule has 0 bridgehead atoms. The Balaban J connectivity index is 1.99. The summed E-state index contributed by atoms with van der Waals surface area (Å²) < 4.78 is 0. The summed E-state index contributed by atoms with van der Waals surface area (Å²) in [7, 11) is 0. The molecule has 6 heteroatoms. The van der Waals surface area contributed by atoms with E-state index >= 15 is 0 Å². The van der Waals surface area contributed by atoms with Gasteiger partial charge >= 0.3 is 5.97 Å². The topological polar surface area (TPSA) is 74.7 Å². The second-order valence-electron chi connectivity index (χ2n) is 5.08. The van der Waals surface area contributed by atoms with Gasteiger partial charge in [-0.15, -0.1) is 0 Å². The summed E-state index contributed by atoms with van der Waals surface area (Å²) in [5, 5.41) is 8.96. The lowest BCUT2D eigenvalue weighted by molar-refractivity contribution is -0.120. The van der Waals surface area contributed by atoms with Crippen molar-refractivity contribution in [3.05, 3.63) is 39.9 Å². The van der Waals surface area contributed by atoms with Crippen molar-refractivity contribution < 1.29 is 19.5 Å². The van der Waals surface area contributed by atoms with Crippen molar-refractivity contribution in [2.45, 2.75) is 25.7 Å². The average Bonchev–Trinajstić information content (AvgIpc) is 2.71. The maximum Gasteiger partial charge on any atom is 0.337 e. The van der Waals surface area contributed by atoms with Crippen molar-refractivity contribution in [3.63, 3.8) is 0 Å². The molecule has 0 radical (unpaired) electrons. The van der Waals surface area contributed by atoms with Crippen LogP contribution in [0.4, 0.5) is 5.69 Å². The Morgan fingerprint density at radius 1 is 1.10 bits per heavy atom. The first-order valence-electron chi connectivity index (χ1n) is 6.64. The van der Waals surface area contributed by atoms with Crippen LogP contribution >= 0.6 is 11.6 Å². The number of carbonyl (C=O) groups is 3. The van der Waals surface area contributed by atoms with Crippen LogP contribution < -0.4 is 4.90 Å². The highest BCUT2D eigenvalue weighted by molar-refractivity contribution is 6.36. The van der Waals surface area contributed by atoms with E-state index in [9.17, 15) is 14.4 Å². The molecule has 1 aromatic carbocycles. The van der Waals surface area contributed by atoms with Crippen molar-refractivity contribution >= 4 is 35.1 Å². The van der Waals surface area contributed by atoms with E-state index in [1.807, 2.05) is 0 Å². The molecule has 3 rings (SSSR count). The number of rotatable bonds is 2. The molecule has 0 fully saturated rings. The fourth-order valence-electron chi connectivity index (χ4n) is 2.79. The van der Waals surface area contributed by atoms with Crippen LogP contribution in [0.2, 0.25) is 5.02 Å². The molecule has 1 heterocycles. The zero-order chi connectivity index (χ0) is 15.1. The molecule has 1 aliphatic carbocycles. The number of carbonyl (C=O) groups excluding carboxylic acids is 2. The zero-order valence-electron chi connectivity index (χ0n) is 11.1. The largest absolute Gasteiger partial charge is 0.478 e. The summed E-state index contributed by atoms with van der Waals surface area (Å²) in [5.74, 6) is -1.77. The van der Waals surface area contributed by atoms with E-state index in [2.05, 4.69) is 0 Å². The predicted molar refractivity (Wildman–Crippen MR) is 76.4 cm³/mol. The van der Waals surface area contributed by atoms with Gasteiger partial charge < -0.3 is 5.11 Å². The molecule has 0 saturated carbocycles. The Morgan fingerprint density at radius 3 is 2.14 bits per heavy atom. The molecule has 21 heavy (non-hydrogen) atoms. The Hall–Kier alpha value is -2.14. The molecule has 1 N–H and O–H groups in total. The zero-order valence-corrected chi connectivity index (χ0v) is 11.8. The number of nitrogens with zero attached hydrogens (tertiary/aromatic N) is 1. The Bertz CT molecular complexity index is 680. The molecule has 0 unspecified atom stereocenters. The number of benzene rings is 1. The lowest BCUT2D eigenvalue weighted by Crippen LogP contribution is -2.31. The lowest BCUT2D eigenvalue weighted by Gasteiger charge is -2.15. The molecule has 5 nitrogen and oxygen atoms in total. The number of carboxylic acids is 1. The highest BCUT2D eigenvalue weighted by atomic mass is 35.5. The smallest absolute Gasteiger partial charge is 0.337 e. The minimum Gasteiger partial charge on any atom is -0.478 e. The molecule has 0 saturated heterocycles. The van der Waals surface area contributed by atoms with Crippen LogP contribution in [0.1, 0.15) is 36.0 Å². The van der Waals surface area contributed by atoms with Crippen LogP contribution in [0.3, 0.4) is 0 Å². The normalized spacial score (nSPS) is 18.2. The minimum atomic E-state index is -1.15. The van der Waals surface area contributed by atoms with Crippen LogP contribution in [-0.4, -0.2) is 22.9 Å². The van der Waals surface area contributed by atoms with E-state index in [0.717, 1.165) is 17.7 Å². The van der Waals surface area contributed by atoms with E-state index in [1.54, 1.807) is 0 Å². The molecule has 108 valence electrons. The second-order valence-corrected chi connectivity index (χ2v) is 5.49. The summed E-state index contributed by atoms with van der Waals surface area (Å²) >= 11 is 5.91. The lowest BCUT2D eigenvalue weighted by atomic mass is 9.93. The Labute approximate surface area is 125 Å². The van der Waals surface area contributed by atoms with Crippen LogP contribution in [0, 0.1) is 0 Å². The molecule has 1 aromatic rings. The first kappa shape index (κ1) is 13.8. The monoisotopic (exact) mass is 305 g/mol. The van der Waals surface area contributed by atoms with E-state index in [1.165, 1.54) is 18.2 Å². The maximum atomic E-state index is 12.4. The van der Waals surface area contributed by atoms with Gasteiger partial charge in [-0.3, -0.25) is 9.59 Å². The fraction of sp³-hybridized carbons (Fsp3) is 0.267. The molecule has 0 aromatic heterocycles. The molecule has 0 spiro atoms. The van der Waals surface area contributed by atoms with Crippen LogP contribution in [0.15, 0.2) is 29.3 Å². The van der Waals surface area contributed by atoms with E-state index in [0.29, 0.717) is 29.7 Å². The summed E-state index contributed by atoms with van der Waals surface area (Å²) in [5.41, 5.74) is 1.43. The van der Waals surface area contributed by atoms with Gasteiger partial charge in [0.1, 0.15) is 0 Å². The minimum absolute atomic E-state index is 0.00507. The summed E-state index contributed by atoms with van der Waals surface area (Å²) in [6.45, 7) is 0. The number of amides is 2. The molecule has 1 aliphatic heterocycles. The number of halogens is 1. The number of hydrogen-bond acceptors (Lipinski definition) is 3. The van der Waals surface area contributed by atoms with Gasteiger partial charge in [0, 0.05) is 11.1 Å². The molecule has 0 atom stereocenters. The molecule has 2 aliphatic rings. The first-order chi connectivity index (χ1) is 10.0. The first-order valence-corrected chi connectivity index (χ1v) is 7.02. The predicted octanol–water partition coefficient (Wildman–Crippen LogP) is 2.78. The average molecular weight is 306 g/mol. The van der Waals surface area contributed by atoms with Gasteiger partial charge in [0.05, 0.1) is 16.3 Å². The van der Waals surface area contributed by atoms with Gasteiger partial charge in [-0.05, 0) is 43.9 Å². The van der Waals surface area contributed by atoms with Crippen LogP contribution in [-0.2, 0) is 9.59 Å². The summed E-state index contributed by atoms with van der Waals surface area (Å²) in [4.78, 5) is 36.8. The van der Waals surface area contributed by atoms with Gasteiger partial charge in [-0.1, -0.05) is 11.6 Å². The third-order valence-corrected chi connectivity index (χ3v) is 4.14. The third kappa shape index (κ3) is 2.14. The Kier molecular flexibility index (Phi) is 3.29. The van der Waals surface area contributed by atoms with Crippen molar-refractivity contribution in [1.82, 2.24) is 0 Å². The van der Waals surface area contributed by atoms with E-state index in [4.69, 9.17) is 16.7 Å². The molecular weight excluding hydrogens is 294 g/mol. The number of imide groups is 1. The molecular formula is C15H12ClNO4. The number of aromatic carboxylic acids is 1. The van der Waals surface area contributed by atoms with Crippen molar-refractivity contribution in [2.75, 3.05) is 4.90 Å². The third-order valence-electron chi connectivity index (χ3n) is 3.83. The van der Waals surface area contributed by atoms with Gasteiger partial charge in [0.25, 0.3) is 11.8 Å². The summed E-state index contributed by atoms with van der Waals surface area (Å²) in [6, 6.07) is 4.08. The number of anilines is 1. The quantitative estimate of drug-likeness (QED) is 0.853. The summed E-state index contributed by atoms with van der Waals surface area (Å²) in [6.07, 6.45) is 3.06. The fourth-order valence-corrected chi connectivity index (χ4v) is 3.05. The number of carboxylic acid groups (broad SMARTS) is 1. The standard InChI is InChI=1S/C15H12ClNO4/c16-12-7-8(5-6-11(12)15(20)21)17-13(18)9-3-1-2-4-10(9)14(17)19/h5-7H,1-4H2,(H,20,21). The highest BCUT2D eigenvalue weighted by Gasteiger charge is 2.39. The SMILES string of the molecule is O=C(O)c1ccc(N2C(=O)C3=C(CCCC3)C2=O)cc1Cl. The van der Waals surface area contributed by atoms with E-state index < -0.39 is 5.97 Å². The van der Waals surface area contributed by atoms with Gasteiger partial charge in [-0.25, -0.2) is 9.69 Å². The van der Waals surface area contributed by atoms with Gasteiger partial charge in [0.2, 0.25) is 0 Å². The van der Waals surface area contributed by atoms with Crippen molar-refractivity contribution in [3.8, 4) is 0 Å². The molecule has 2 amide bonds. The van der Waals surface area contributed by atoms with Gasteiger partial charge in [-0.2, -0.15) is 0 Å². The van der Waals surface area contributed by atoms with Crippen molar-refractivity contribution in [1.29, 1.82) is 0 Å². The second kappa shape index (κ2) is 5.00. The van der Waals surface area contributed by atoms with Crippen molar-refractivity contribution in [2.24, 2.45) is 0 Å². The Morgan fingerprint density at radius 2 is 1.67 bits per heavy atom. The van der Waals surface area contributed by atoms with Gasteiger partial charge in [0.15, 0.2) is 0 Å².